The monoisotopic (exact) mass is 766 g/mol. The number of hydrogen-bond donors (Lipinski definition) is 3. The summed E-state index contributed by atoms with van der Waals surface area (Å²) in [6.07, 6.45) is 47.8. The van der Waals surface area contributed by atoms with Crippen LogP contribution in [0.15, 0.2) is 0 Å². The molecule has 0 saturated heterocycles. The molecule has 3 N–H and O–H groups in total. The van der Waals surface area contributed by atoms with E-state index in [1.165, 1.54) is 193 Å². The number of hydrogen-bond acceptors (Lipinski definition) is 5. The first-order valence-corrected chi connectivity index (χ1v) is 24.3. The summed E-state index contributed by atoms with van der Waals surface area (Å²) in [6, 6.07) is -0.544. The van der Waals surface area contributed by atoms with Crippen molar-refractivity contribution in [1.29, 1.82) is 0 Å². The minimum Gasteiger partial charge on any atom is -0.466 e. The number of carbonyl (C=O) groups is 2. The molecule has 2 unspecified atom stereocenters. The van der Waals surface area contributed by atoms with Crippen LogP contribution in [0.2, 0.25) is 0 Å². The SMILES string of the molecule is CCCCCCCCCCCCCCC(=O)OCCCCCCCCCCCCCCCCCC(=O)NC(CO)C(O)CCCCCCCCCCCC. The third-order valence-electron chi connectivity index (χ3n) is 11.4. The van der Waals surface area contributed by atoms with Crippen LogP contribution in [0.1, 0.15) is 271 Å². The Labute approximate surface area is 336 Å². The number of esters is 1. The Hall–Kier alpha value is -1.14. The minimum absolute atomic E-state index is 0.00139. The number of aliphatic hydroxyl groups is 2. The summed E-state index contributed by atoms with van der Waals surface area (Å²) in [4.78, 5) is 24.4. The molecule has 0 radical (unpaired) electrons. The molecule has 0 fully saturated rings. The lowest BCUT2D eigenvalue weighted by molar-refractivity contribution is -0.143. The maximum absolute atomic E-state index is 12.4. The minimum atomic E-state index is -0.666. The van der Waals surface area contributed by atoms with Crippen LogP contribution in [0.25, 0.3) is 0 Å². The second kappa shape index (κ2) is 44.6. The van der Waals surface area contributed by atoms with Crippen molar-refractivity contribution in [3.63, 3.8) is 0 Å². The molecule has 54 heavy (non-hydrogen) atoms. The number of nitrogens with one attached hydrogen (secondary N) is 1. The summed E-state index contributed by atoms with van der Waals surface area (Å²) in [5.41, 5.74) is 0. The maximum atomic E-state index is 12.4. The van der Waals surface area contributed by atoms with E-state index in [-0.39, 0.29) is 18.5 Å². The van der Waals surface area contributed by atoms with E-state index in [1.54, 1.807) is 0 Å². The number of amides is 1. The highest BCUT2D eigenvalue weighted by Gasteiger charge is 2.20. The second-order valence-electron chi connectivity index (χ2n) is 16.8. The summed E-state index contributed by atoms with van der Waals surface area (Å²) in [5.74, 6) is -0.0430. The lowest BCUT2D eigenvalue weighted by atomic mass is 10.0. The molecule has 0 saturated carbocycles. The topological polar surface area (TPSA) is 95.9 Å². The smallest absolute Gasteiger partial charge is 0.305 e. The zero-order chi connectivity index (χ0) is 39.4. The quantitative estimate of drug-likeness (QED) is 0.0424. The predicted molar refractivity (Wildman–Crippen MR) is 232 cm³/mol. The fourth-order valence-corrected chi connectivity index (χ4v) is 7.64. The molecule has 0 aliphatic heterocycles. The van der Waals surface area contributed by atoms with Gasteiger partial charge in [0.15, 0.2) is 0 Å². The fraction of sp³-hybridized carbons (Fsp3) is 0.958. The predicted octanol–water partition coefficient (Wildman–Crippen LogP) is 14.0. The van der Waals surface area contributed by atoms with Gasteiger partial charge in [0, 0.05) is 12.8 Å². The Balaban J connectivity index is 3.40. The molecule has 0 aromatic carbocycles. The van der Waals surface area contributed by atoms with Crippen molar-refractivity contribution in [2.75, 3.05) is 13.2 Å². The number of carbonyl (C=O) groups excluding carboxylic acids is 2. The van der Waals surface area contributed by atoms with E-state index < -0.39 is 12.1 Å². The Morgan fingerprint density at radius 1 is 0.444 bits per heavy atom. The van der Waals surface area contributed by atoms with E-state index in [2.05, 4.69) is 19.2 Å². The summed E-state index contributed by atoms with van der Waals surface area (Å²) < 4.78 is 5.45. The molecule has 6 nitrogen and oxygen atoms in total. The molecule has 1 amide bonds. The van der Waals surface area contributed by atoms with Crippen LogP contribution in [0.4, 0.5) is 0 Å². The van der Waals surface area contributed by atoms with Crippen LogP contribution in [-0.4, -0.2) is 47.4 Å². The van der Waals surface area contributed by atoms with E-state index in [4.69, 9.17) is 4.74 Å². The fourth-order valence-electron chi connectivity index (χ4n) is 7.64. The van der Waals surface area contributed by atoms with Gasteiger partial charge in [0.25, 0.3) is 0 Å². The molecule has 0 bridgehead atoms. The van der Waals surface area contributed by atoms with Crippen LogP contribution < -0.4 is 5.32 Å². The maximum Gasteiger partial charge on any atom is 0.305 e. The van der Waals surface area contributed by atoms with Gasteiger partial charge in [0.1, 0.15) is 0 Å². The molecule has 2 atom stereocenters. The Morgan fingerprint density at radius 2 is 0.759 bits per heavy atom. The van der Waals surface area contributed by atoms with E-state index in [9.17, 15) is 19.8 Å². The molecule has 0 heterocycles. The Kier molecular flexibility index (Phi) is 43.6. The van der Waals surface area contributed by atoms with E-state index in [1.807, 2.05) is 0 Å². The van der Waals surface area contributed by atoms with Crippen molar-refractivity contribution in [2.24, 2.45) is 0 Å². The Morgan fingerprint density at radius 3 is 1.13 bits per heavy atom. The third kappa shape index (κ3) is 40.5. The standard InChI is InChI=1S/C48H95NO5/c1-3-5-7-9-11-13-15-22-26-30-34-38-42-48(53)54-43-39-35-31-27-23-20-18-16-17-19-21-25-29-33-37-41-47(52)49-45(44-50)46(51)40-36-32-28-24-14-12-10-8-6-4-2/h45-46,50-51H,3-44H2,1-2H3,(H,49,52). The number of rotatable bonds is 45. The highest BCUT2D eigenvalue weighted by atomic mass is 16.5. The number of unbranched alkanes of at least 4 members (excludes halogenated alkanes) is 34. The summed E-state index contributed by atoms with van der Waals surface area (Å²) in [6.45, 7) is 4.92. The van der Waals surface area contributed by atoms with Crippen molar-refractivity contribution in [3.8, 4) is 0 Å². The zero-order valence-electron chi connectivity index (χ0n) is 36.5. The van der Waals surface area contributed by atoms with E-state index in [0.29, 0.717) is 25.9 Å². The number of ether oxygens (including phenoxy) is 1. The lowest BCUT2D eigenvalue weighted by Crippen LogP contribution is -2.45. The molecule has 0 spiro atoms. The summed E-state index contributed by atoms with van der Waals surface area (Å²) in [5, 5.41) is 23.1. The van der Waals surface area contributed by atoms with Gasteiger partial charge >= 0.3 is 5.97 Å². The normalized spacial score (nSPS) is 12.6. The second-order valence-corrected chi connectivity index (χ2v) is 16.8. The molecular formula is C48H95NO5. The van der Waals surface area contributed by atoms with Crippen LogP contribution in [-0.2, 0) is 14.3 Å². The van der Waals surface area contributed by atoms with Crippen molar-refractivity contribution in [3.05, 3.63) is 0 Å². The summed E-state index contributed by atoms with van der Waals surface area (Å²) in [7, 11) is 0. The third-order valence-corrected chi connectivity index (χ3v) is 11.4. The van der Waals surface area contributed by atoms with Gasteiger partial charge in [-0.15, -0.1) is 0 Å². The summed E-state index contributed by atoms with van der Waals surface area (Å²) >= 11 is 0. The van der Waals surface area contributed by atoms with Crippen LogP contribution >= 0.6 is 0 Å². The molecule has 0 aliphatic rings. The van der Waals surface area contributed by atoms with Gasteiger partial charge in [-0.25, -0.2) is 0 Å². The molecule has 0 aromatic heterocycles. The van der Waals surface area contributed by atoms with Gasteiger partial charge < -0.3 is 20.3 Å². The van der Waals surface area contributed by atoms with E-state index in [0.717, 1.165) is 44.9 Å². The van der Waals surface area contributed by atoms with Gasteiger partial charge in [-0.05, 0) is 25.7 Å². The van der Waals surface area contributed by atoms with Crippen molar-refractivity contribution < 1.29 is 24.5 Å². The van der Waals surface area contributed by atoms with Crippen LogP contribution in [0, 0.1) is 0 Å². The Bertz CT molecular complexity index is 761. The molecule has 6 heteroatoms. The van der Waals surface area contributed by atoms with Crippen molar-refractivity contribution in [1.82, 2.24) is 5.32 Å². The van der Waals surface area contributed by atoms with Crippen LogP contribution in [0.5, 0.6) is 0 Å². The average Bonchev–Trinajstić information content (AvgIpc) is 3.17. The van der Waals surface area contributed by atoms with Gasteiger partial charge in [0.05, 0.1) is 25.4 Å². The van der Waals surface area contributed by atoms with E-state index >= 15 is 0 Å². The zero-order valence-corrected chi connectivity index (χ0v) is 36.5. The molecule has 322 valence electrons. The molecule has 0 rings (SSSR count). The molecule has 0 aromatic rings. The largest absolute Gasteiger partial charge is 0.466 e. The first-order chi connectivity index (χ1) is 26.5. The van der Waals surface area contributed by atoms with Crippen LogP contribution in [0.3, 0.4) is 0 Å². The van der Waals surface area contributed by atoms with Gasteiger partial charge in [-0.2, -0.15) is 0 Å². The highest BCUT2D eigenvalue weighted by molar-refractivity contribution is 5.76. The van der Waals surface area contributed by atoms with Crippen molar-refractivity contribution in [2.45, 2.75) is 283 Å². The van der Waals surface area contributed by atoms with Gasteiger partial charge in [-0.3, -0.25) is 9.59 Å². The highest BCUT2D eigenvalue weighted by Crippen LogP contribution is 2.16. The van der Waals surface area contributed by atoms with Crippen molar-refractivity contribution >= 4 is 11.9 Å². The average molecular weight is 766 g/mol. The van der Waals surface area contributed by atoms with Gasteiger partial charge in [-0.1, -0.05) is 232 Å². The molecular weight excluding hydrogens is 671 g/mol. The first-order valence-electron chi connectivity index (χ1n) is 24.3. The lowest BCUT2D eigenvalue weighted by Gasteiger charge is -2.22. The first kappa shape index (κ1) is 52.9. The number of aliphatic hydroxyl groups excluding tert-OH is 2. The molecule has 0 aliphatic carbocycles. The van der Waals surface area contributed by atoms with Gasteiger partial charge in [0.2, 0.25) is 5.91 Å².